The van der Waals surface area contributed by atoms with Gasteiger partial charge in [0.05, 0.1) is 11.9 Å². The van der Waals surface area contributed by atoms with Gasteiger partial charge in [-0.15, -0.1) is 0 Å². The zero-order chi connectivity index (χ0) is 13.5. The Labute approximate surface area is 113 Å². The Balaban J connectivity index is 1.74. The van der Waals surface area contributed by atoms with Gasteiger partial charge in [0.25, 0.3) is 0 Å². The van der Waals surface area contributed by atoms with Crippen LogP contribution >= 0.6 is 0 Å². The van der Waals surface area contributed by atoms with E-state index in [0.717, 1.165) is 17.3 Å². The summed E-state index contributed by atoms with van der Waals surface area (Å²) in [5.41, 5.74) is 1.56. The monoisotopic (exact) mass is 256 g/mol. The molecule has 2 aromatic rings. The number of nitrogens with one attached hydrogen (secondary N) is 1. The minimum atomic E-state index is 0.472. The molecule has 0 spiro atoms. The fraction of sp³-hybridized carbons (Fsp3) is 0.467. The number of rotatable bonds is 4. The van der Waals surface area contributed by atoms with E-state index in [1.165, 1.54) is 12.8 Å². The molecule has 1 saturated carbocycles. The number of nitrogens with zero attached hydrogens (tertiary/aromatic N) is 3. The summed E-state index contributed by atoms with van der Waals surface area (Å²) in [6.07, 6.45) is 8.26. The van der Waals surface area contributed by atoms with Crippen LogP contribution in [0, 0.1) is 12.3 Å². The summed E-state index contributed by atoms with van der Waals surface area (Å²) >= 11 is 0. The number of imidazole rings is 1. The highest BCUT2D eigenvalue weighted by molar-refractivity contribution is 5.45. The molecular weight excluding hydrogens is 236 g/mol. The van der Waals surface area contributed by atoms with Crippen molar-refractivity contribution in [2.75, 3.05) is 5.32 Å². The lowest BCUT2D eigenvalue weighted by Crippen LogP contribution is -2.24. The third-order valence-electron chi connectivity index (χ3n) is 4.29. The van der Waals surface area contributed by atoms with Crippen LogP contribution in [-0.2, 0) is 0 Å². The maximum Gasteiger partial charge on any atom is 0.138 e. The van der Waals surface area contributed by atoms with Crippen molar-refractivity contribution in [3.05, 3.63) is 36.5 Å². The van der Waals surface area contributed by atoms with Crippen molar-refractivity contribution >= 4 is 5.69 Å². The topological polar surface area (TPSA) is 42.7 Å². The molecule has 1 atom stereocenters. The van der Waals surface area contributed by atoms with Gasteiger partial charge in [0.1, 0.15) is 11.6 Å². The summed E-state index contributed by atoms with van der Waals surface area (Å²) in [4.78, 5) is 8.71. The smallest absolute Gasteiger partial charge is 0.138 e. The zero-order valence-corrected chi connectivity index (χ0v) is 11.7. The number of anilines is 1. The third kappa shape index (κ3) is 2.35. The van der Waals surface area contributed by atoms with E-state index in [4.69, 9.17) is 0 Å². The molecule has 3 rings (SSSR count). The maximum absolute atomic E-state index is 4.50. The average molecular weight is 256 g/mol. The lowest BCUT2D eigenvalue weighted by atomic mass is 10.0. The van der Waals surface area contributed by atoms with Crippen LogP contribution in [0.15, 0.2) is 30.7 Å². The lowest BCUT2D eigenvalue weighted by molar-refractivity contribution is 0.493. The van der Waals surface area contributed by atoms with Gasteiger partial charge in [0.15, 0.2) is 0 Å². The van der Waals surface area contributed by atoms with E-state index in [9.17, 15) is 0 Å². The fourth-order valence-electron chi connectivity index (χ4n) is 2.29. The first-order valence-electron chi connectivity index (χ1n) is 6.81. The Morgan fingerprint density at radius 1 is 1.32 bits per heavy atom. The second-order valence-corrected chi connectivity index (χ2v) is 5.77. The number of aromatic nitrogens is 3. The Hall–Kier alpha value is -1.84. The summed E-state index contributed by atoms with van der Waals surface area (Å²) in [7, 11) is 0. The maximum atomic E-state index is 4.50. The molecule has 0 radical (unpaired) electrons. The van der Waals surface area contributed by atoms with Gasteiger partial charge in [-0.25, -0.2) is 9.97 Å². The summed E-state index contributed by atoms with van der Waals surface area (Å²) in [5.74, 6) is 1.86. The van der Waals surface area contributed by atoms with Gasteiger partial charge in [0.2, 0.25) is 0 Å². The van der Waals surface area contributed by atoms with Crippen molar-refractivity contribution < 1.29 is 0 Å². The first kappa shape index (κ1) is 12.2. The van der Waals surface area contributed by atoms with E-state index >= 15 is 0 Å². The minimum Gasteiger partial charge on any atom is -0.381 e. The van der Waals surface area contributed by atoms with E-state index < -0.39 is 0 Å². The molecule has 1 aliphatic carbocycles. The standard InChI is InChI=1S/C15H20N4/c1-11(15(3)6-7-15)18-13-4-5-14(17-10-13)19-9-8-16-12(19)2/h4-5,8-11,18H,6-7H2,1-3H3. The molecule has 19 heavy (non-hydrogen) atoms. The highest BCUT2D eigenvalue weighted by atomic mass is 15.1. The molecule has 0 aromatic carbocycles. The molecule has 1 N–H and O–H groups in total. The summed E-state index contributed by atoms with van der Waals surface area (Å²) < 4.78 is 1.98. The van der Waals surface area contributed by atoms with Gasteiger partial charge < -0.3 is 5.32 Å². The van der Waals surface area contributed by atoms with Crippen molar-refractivity contribution in [3.8, 4) is 5.82 Å². The van der Waals surface area contributed by atoms with Gasteiger partial charge in [-0.05, 0) is 44.2 Å². The van der Waals surface area contributed by atoms with Crippen LogP contribution in [0.3, 0.4) is 0 Å². The van der Waals surface area contributed by atoms with Crippen molar-refractivity contribution in [3.63, 3.8) is 0 Å². The molecule has 0 aliphatic heterocycles. The Morgan fingerprint density at radius 2 is 2.11 bits per heavy atom. The zero-order valence-electron chi connectivity index (χ0n) is 11.7. The fourth-order valence-corrected chi connectivity index (χ4v) is 2.29. The molecule has 4 heteroatoms. The highest BCUT2D eigenvalue weighted by Crippen LogP contribution is 2.48. The van der Waals surface area contributed by atoms with Crippen LogP contribution in [-0.4, -0.2) is 20.6 Å². The summed E-state index contributed by atoms with van der Waals surface area (Å²) in [6.45, 7) is 6.56. The van der Waals surface area contributed by atoms with Crippen LogP contribution in [0.5, 0.6) is 0 Å². The van der Waals surface area contributed by atoms with E-state index in [-0.39, 0.29) is 0 Å². The molecule has 0 bridgehead atoms. The molecule has 0 saturated heterocycles. The van der Waals surface area contributed by atoms with E-state index in [0.29, 0.717) is 11.5 Å². The predicted octanol–water partition coefficient (Wildman–Crippen LogP) is 3.18. The minimum absolute atomic E-state index is 0.472. The largest absolute Gasteiger partial charge is 0.381 e. The summed E-state index contributed by atoms with van der Waals surface area (Å²) in [5, 5.41) is 3.54. The molecular formula is C15H20N4. The van der Waals surface area contributed by atoms with E-state index in [1.807, 2.05) is 30.0 Å². The molecule has 0 amide bonds. The molecule has 4 nitrogen and oxygen atoms in total. The van der Waals surface area contributed by atoms with E-state index in [1.54, 1.807) is 6.20 Å². The van der Waals surface area contributed by atoms with Gasteiger partial charge >= 0.3 is 0 Å². The van der Waals surface area contributed by atoms with Crippen LogP contribution in [0.4, 0.5) is 5.69 Å². The second kappa shape index (κ2) is 4.37. The van der Waals surface area contributed by atoms with E-state index in [2.05, 4.69) is 35.2 Å². The van der Waals surface area contributed by atoms with Gasteiger partial charge in [0, 0.05) is 18.4 Å². The first-order chi connectivity index (χ1) is 9.08. The second-order valence-electron chi connectivity index (χ2n) is 5.77. The molecule has 2 heterocycles. The molecule has 1 fully saturated rings. The SMILES string of the molecule is Cc1nccn1-c1ccc(NC(C)C2(C)CC2)cn1. The van der Waals surface area contributed by atoms with Gasteiger partial charge in [-0.3, -0.25) is 4.57 Å². The van der Waals surface area contributed by atoms with Crippen molar-refractivity contribution in [1.82, 2.24) is 14.5 Å². The molecule has 2 aromatic heterocycles. The Bertz CT molecular complexity index is 566. The average Bonchev–Trinajstić information content (AvgIpc) is 3.01. The van der Waals surface area contributed by atoms with Crippen molar-refractivity contribution in [2.24, 2.45) is 5.41 Å². The van der Waals surface area contributed by atoms with Crippen molar-refractivity contribution in [1.29, 1.82) is 0 Å². The third-order valence-corrected chi connectivity index (χ3v) is 4.29. The van der Waals surface area contributed by atoms with Crippen LogP contribution in [0.2, 0.25) is 0 Å². The Kier molecular flexibility index (Phi) is 2.81. The number of pyridine rings is 1. The lowest BCUT2D eigenvalue weighted by Gasteiger charge is -2.21. The molecule has 1 unspecified atom stereocenters. The quantitative estimate of drug-likeness (QED) is 0.913. The highest BCUT2D eigenvalue weighted by Gasteiger charge is 2.42. The van der Waals surface area contributed by atoms with Crippen LogP contribution in [0.1, 0.15) is 32.5 Å². The predicted molar refractivity (Wildman–Crippen MR) is 76.5 cm³/mol. The van der Waals surface area contributed by atoms with Crippen LogP contribution in [0.25, 0.3) is 5.82 Å². The van der Waals surface area contributed by atoms with Gasteiger partial charge in [-0.2, -0.15) is 0 Å². The Morgan fingerprint density at radius 3 is 2.63 bits per heavy atom. The van der Waals surface area contributed by atoms with Gasteiger partial charge in [-0.1, -0.05) is 6.92 Å². The van der Waals surface area contributed by atoms with Crippen molar-refractivity contribution in [2.45, 2.75) is 39.7 Å². The summed E-state index contributed by atoms with van der Waals surface area (Å²) in [6, 6.07) is 4.61. The molecule has 1 aliphatic rings. The molecule has 100 valence electrons. The van der Waals surface area contributed by atoms with Crippen LogP contribution < -0.4 is 5.32 Å². The normalized spacial score (nSPS) is 18.1. The number of hydrogen-bond donors (Lipinski definition) is 1. The number of aryl methyl sites for hydroxylation is 1. The number of hydrogen-bond acceptors (Lipinski definition) is 3. The first-order valence-corrected chi connectivity index (χ1v) is 6.81.